The van der Waals surface area contributed by atoms with Gasteiger partial charge in [0.25, 0.3) is 5.91 Å². The SMILES string of the molecule is O=C(c1nn(-c2ccccc2)c(=O)[nH]1)N1CCN(Cc2ccc3c(c2)OCO3)CC1. The van der Waals surface area contributed by atoms with E-state index < -0.39 is 5.69 Å². The number of amides is 1. The largest absolute Gasteiger partial charge is 0.454 e. The Balaban J connectivity index is 1.22. The third-order valence-electron chi connectivity index (χ3n) is 5.32. The van der Waals surface area contributed by atoms with Gasteiger partial charge < -0.3 is 14.4 Å². The number of aromatic amines is 1. The van der Waals surface area contributed by atoms with Crippen LogP contribution in [-0.4, -0.2) is 63.4 Å². The van der Waals surface area contributed by atoms with Gasteiger partial charge in [0, 0.05) is 32.7 Å². The zero-order valence-corrected chi connectivity index (χ0v) is 16.3. The van der Waals surface area contributed by atoms with Crippen molar-refractivity contribution in [3.8, 4) is 17.2 Å². The predicted molar refractivity (Wildman–Crippen MR) is 108 cm³/mol. The van der Waals surface area contributed by atoms with Crippen LogP contribution in [0.2, 0.25) is 0 Å². The van der Waals surface area contributed by atoms with E-state index in [0.717, 1.165) is 36.7 Å². The normalized spacial score (nSPS) is 16.1. The van der Waals surface area contributed by atoms with Crippen molar-refractivity contribution in [3.05, 3.63) is 70.4 Å². The molecule has 0 bridgehead atoms. The first kappa shape index (κ1) is 18.4. The molecule has 0 aliphatic carbocycles. The number of aromatic nitrogens is 3. The monoisotopic (exact) mass is 407 g/mol. The first-order valence-corrected chi connectivity index (χ1v) is 9.82. The summed E-state index contributed by atoms with van der Waals surface area (Å²) in [5.74, 6) is 1.36. The van der Waals surface area contributed by atoms with Gasteiger partial charge >= 0.3 is 5.69 Å². The molecule has 0 radical (unpaired) electrons. The molecule has 3 aromatic rings. The number of hydrogen-bond acceptors (Lipinski definition) is 6. The third kappa shape index (κ3) is 3.55. The fourth-order valence-electron chi connectivity index (χ4n) is 3.72. The Morgan fingerprint density at radius 3 is 2.57 bits per heavy atom. The van der Waals surface area contributed by atoms with Crippen molar-refractivity contribution in [3.63, 3.8) is 0 Å². The molecular weight excluding hydrogens is 386 g/mol. The third-order valence-corrected chi connectivity index (χ3v) is 5.32. The van der Waals surface area contributed by atoms with Gasteiger partial charge in [-0.25, -0.2) is 4.79 Å². The Labute approximate surface area is 172 Å². The zero-order chi connectivity index (χ0) is 20.5. The highest BCUT2D eigenvalue weighted by Gasteiger charge is 2.25. The lowest BCUT2D eigenvalue weighted by molar-refractivity contribution is 0.0616. The number of carbonyl (C=O) groups excluding carboxylic acids is 1. The first-order chi connectivity index (χ1) is 14.7. The van der Waals surface area contributed by atoms with Crippen molar-refractivity contribution in [2.24, 2.45) is 0 Å². The van der Waals surface area contributed by atoms with Crippen molar-refractivity contribution in [2.75, 3.05) is 33.0 Å². The lowest BCUT2D eigenvalue weighted by Crippen LogP contribution is -2.48. The number of hydrogen-bond donors (Lipinski definition) is 1. The van der Waals surface area contributed by atoms with Crippen LogP contribution in [0, 0.1) is 0 Å². The summed E-state index contributed by atoms with van der Waals surface area (Å²) >= 11 is 0. The van der Waals surface area contributed by atoms with E-state index in [2.05, 4.69) is 15.0 Å². The van der Waals surface area contributed by atoms with E-state index in [-0.39, 0.29) is 18.5 Å². The number of piperazine rings is 1. The van der Waals surface area contributed by atoms with Crippen LogP contribution in [0.1, 0.15) is 16.2 Å². The van der Waals surface area contributed by atoms with Crippen LogP contribution < -0.4 is 15.2 Å². The minimum atomic E-state index is -0.425. The smallest absolute Gasteiger partial charge is 0.348 e. The number of rotatable bonds is 4. The van der Waals surface area contributed by atoms with Gasteiger partial charge in [-0.05, 0) is 29.8 Å². The average molecular weight is 407 g/mol. The molecule has 9 heteroatoms. The second-order valence-electron chi connectivity index (χ2n) is 7.28. The predicted octanol–water partition coefficient (Wildman–Crippen LogP) is 1.25. The molecule has 1 N–H and O–H groups in total. The molecule has 0 saturated carbocycles. The van der Waals surface area contributed by atoms with Crippen LogP contribution in [-0.2, 0) is 6.54 Å². The number of nitrogens with zero attached hydrogens (tertiary/aromatic N) is 4. The zero-order valence-electron chi connectivity index (χ0n) is 16.3. The second kappa shape index (κ2) is 7.68. The highest BCUT2D eigenvalue weighted by Crippen LogP contribution is 2.32. The summed E-state index contributed by atoms with van der Waals surface area (Å²) in [6, 6.07) is 15.0. The van der Waals surface area contributed by atoms with E-state index in [0.29, 0.717) is 18.8 Å². The maximum atomic E-state index is 12.8. The number of nitrogens with one attached hydrogen (secondary N) is 1. The molecule has 2 aliphatic rings. The Kier molecular flexibility index (Phi) is 4.72. The number of ether oxygens (including phenoxy) is 2. The maximum absolute atomic E-state index is 12.8. The van der Waals surface area contributed by atoms with E-state index >= 15 is 0 Å². The van der Waals surface area contributed by atoms with Crippen LogP contribution in [0.3, 0.4) is 0 Å². The summed E-state index contributed by atoms with van der Waals surface area (Å²) in [6.07, 6.45) is 0. The fraction of sp³-hybridized carbons (Fsp3) is 0.286. The van der Waals surface area contributed by atoms with Crippen molar-refractivity contribution in [1.82, 2.24) is 24.6 Å². The fourth-order valence-corrected chi connectivity index (χ4v) is 3.72. The molecule has 1 aromatic heterocycles. The first-order valence-electron chi connectivity index (χ1n) is 9.82. The number of H-pyrrole nitrogens is 1. The van der Waals surface area contributed by atoms with Gasteiger partial charge in [0.15, 0.2) is 11.5 Å². The molecule has 2 aliphatic heterocycles. The standard InChI is InChI=1S/C21H21N5O4/c27-20(19-22-21(28)26(23-19)16-4-2-1-3-5-16)25-10-8-24(9-11-25)13-15-6-7-17-18(12-15)30-14-29-17/h1-7,12H,8-11,13-14H2,(H,22,23,28). The van der Waals surface area contributed by atoms with Crippen molar-refractivity contribution >= 4 is 5.91 Å². The second-order valence-corrected chi connectivity index (χ2v) is 7.28. The van der Waals surface area contributed by atoms with Crippen molar-refractivity contribution in [2.45, 2.75) is 6.54 Å². The summed E-state index contributed by atoms with van der Waals surface area (Å²) in [4.78, 5) is 31.6. The van der Waals surface area contributed by atoms with E-state index in [1.807, 2.05) is 36.4 Å². The molecule has 3 heterocycles. The van der Waals surface area contributed by atoms with Crippen molar-refractivity contribution in [1.29, 1.82) is 0 Å². The number of fused-ring (bicyclic) bond motifs is 1. The Morgan fingerprint density at radius 2 is 1.77 bits per heavy atom. The molecule has 30 heavy (non-hydrogen) atoms. The molecular formula is C21H21N5O4. The van der Waals surface area contributed by atoms with Crippen molar-refractivity contribution < 1.29 is 14.3 Å². The highest BCUT2D eigenvalue weighted by atomic mass is 16.7. The minimum Gasteiger partial charge on any atom is -0.454 e. The summed E-state index contributed by atoms with van der Waals surface area (Å²) < 4.78 is 12.0. The van der Waals surface area contributed by atoms with Gasteiger partial charge in [-0.15, -0.1) is 5.10 Å². The summed E-state index contributed by atoms with van der Waals surface area (Å²) in [7, 11) is 0. The molecule has 9 nitrogen and oxygen atoms in total. The van der Waals surface area contributed by atoms with Crippen LogP contribution in [0.25, 0.3) is 5.69 Å². The molecule has 0 atom stereocenters. The van der Waals surface area contributed by atoms with Gasteiger partial charge in [0.2, 0.25) is 12.6 Å². The Hall–Kier alpha value is -3.59. The lowest BCUT2D eigenvalue weighted by Gasteiger charge is -2.34. The number of para-hydroxylation sites is 1. The van der Waals surface area contributed by atoms with Crippen LogP contribution >= 0.6 is 0 Å². The summed E-state index contributed by atoms with van der Waals surface area (Å²) in [6.45, 7) is 3.67. The van der Waals surface area contributed by atoms with Crippen LogP contribution in [0.4, 0.5) is 0 Å². The highest BCUT2D eigenvalue weighted by molar-refractivity contribution is 5.90. The van der Waals surface area contributed by atoms with Crippen LogP contribution in [0.5, 0.6) is 11.5 Å². The van der Waals surface area contributed by atoms with E-state index in [1.54, 1.807) is 17.0 Å². The van der Waals surface area contributed by atoms with E-state index in [1.165, 1.54) is 4.68 Å². The molecule has 0 spiro atoms. The van der Waals surface area contributed by atoms with Crippen LogP contribution in [0.15, 0.2) is 53.3 Å². The molecule has 5 rings (SSSR count). The summed E-state index contributed by atoms with van der Waals surface area (Å²) in [5, 5.41) is 4.19. The molecule has 0 unspecified atom stereocenters. The van der Waals surface area contributed by atoms with Gasteiger partial charge in [-0.3, -0.25) is 14.7 Å². The van der Waals surface area contributed by atoms with E-state index in [4.69, 9.17) is 9.47 Å². The number of carbonyl (C=O) groups is 1. The molecule has 1 fully saturated rings. The van der Waals surface area contributed by atoms with Gasteiger partial charge in [0.1, 0.15) is 0 Å². The minimum absolute atomic E-state index is 0.0630. The van der Waals surface area contributed by atoms with Gasteiger partial charge in [-0.1, -0.05) is 24.3 Å². The topological polar surface area (TPSA) is 92.7 Å². The van der Waals surface area contributed by atoms with E-state index in [9.17, 15) is 9.59 Å². The molecule has 1 amide bonds. The Bertz CT molecular complexity index is 1120. The quantitative estimate of drug-likeness (QED) is 0.700. The molecule has 1 saturated heterocycles. The van der Waals surface area contributed by atoms with Gasteiger partial charge in [-0.2, -0.15) is 4.68 Å². The Morgan fingerprint density at radius 1 is 1.00 bits per heavy atom. The van der Waals surface area contributed by atoms with Gasteiger partial charge in [0.05, 0.1) is 5.69 Å². The maximum Gasteiger partial charge on any atom is 0.348 e. The lowest BCUT2D eigenvalue weighted by atomic mass is 10.1. The molecule has 154 valence electrons. The average Bonchev–Trinajstić information content (AvgIpc) is 3.40. The molecule has 2 aromatic carbocycles. The summed E-state index contributed by atoms with van der Waals surface area (Å²) in [5.41, 5.74) is 1.34. The number of benzene rings is 2.